The summed E-state index contributed by atoms with van der Waals surface area (Å²) in [5, 5.41) is 10.8. The van der Waals surface area contributed by atoms with Crippen molar-refractivity contribution in [3.8, 4) is 0 Å². The summed E-state index contributed by atoms with van der Waals surface area (Å²) in [5.74, 6) is -0.424. The molecule has 2 atom stereocenters. The lowest BCUT2D eigenvalue weighted by molar-refractivity contribution is -0.535. The second kappa shape index (κ2) is 5.68. The molecule has 0 N–H and O–H groups in total. The summed E-state index contributed by atoms with van der Waals surface area (Å²) in [5.41, 5.74) is 0. The zero-order valence-corrected chi connectivity index (χ0v) is 8.98. The van der Waals surface area contributed by atoms with E-state index in [1.54, 1.807) is 0 Å². The number of esters is 1. The van der Waals surface area contributed by atoms with Crippen molar-refractivity contribution < 1.29 is 14.5 Å². The highest BCUT2D eigenvalue weighted by molar-refractivity contribution is 5.66. The molecule has 0 spiro atoms. The van der Waals surface area contributed by atoms with Crippen LogP contribution in [0.4, 0.5) is 0 Å². The Morgan fingerprint density at radius 2 is 1.87 bits per heavy atom. The van der Waals surface area contributed by atoms with Gasteiger partial charge in [-0.2, -0.15) is 0 Å². The first kappa shape index (κ1) is 11.9. The SMILES string of the molecule is CC(=O)OC1CCCCCCC1[N+](=O)[O-]. The molecule has 0 heterocycles. The quantitative estimate of drug-likeness (QED) is 0.401. The lowest BCUT2D eigenvalue weighted by Crippen LogP contribution is -2.37. The van der Waals surface area contributed by atoms with E-state index in [2.05, 4.69) is 0 Å². The summed E-state index contributed by atoms with van der Waals surface area (Å²) in [6.45, 7) is 1.30. The second-order valence-corrected chi connectivity index (χ2v) is 3.99. The Morgan fingerprint density at radius 3 is 2.40 bits per heavy atom. The van der Waals surface area contributed by atoms with E-state index in [-0.39, 0.29) is 4.92 Å². The molecule has 0 aliphatic heterocycles. The van der Waals surface area contributed by atoms with Crippen LogP contribution in [0.25, 0.3) is 0 Å². The molecule has 0 bridgehead atoms. The normalized spacial score (nSPS) is 27.5. The molecule has 5 heteroatoms. The maximum absolute atomic E-state index is 10.8. The minimum Gasteiger partial charge on any atom is -0.455 e. The second-order valence-electron chi connectivity index (χ2n) is 3.99. The van der Waals surface area contributed by atoms with Crippen molar-refractivity contribution in [1.82, 2.24) is 0 Å². The molecule has 1 aliphatic carbocycles. The molecule has 1 rings (SSSR count). The van der Waals surface area contributed by atoms with Crippen molar-refractivity contribution in [2.45, 2.75) is 57.6 Å². The maximum Gasteiger partial charge on any atom is 0.303 e. The molecule has 1 aliphatic rings. The van der Waals surface area contributed by atoms with Gasteiger partial charge in [-0.25, -0.2) is 0 Å². The van der Waals surface area contributed by atoms with Crippen LogP contribution >= 0.6 is 0 Å². The van der Waals surface area contributed by atoms with Gasteiger partial charge < -0.3 is 4.74 Å². The van der Waals surface area contributed by atoms with E-state index >= 15 is 0 Å². The lowest BCUT2D eigenvalue weighted by Gasteiger charge is -2.22. The third-order valence-corrected chi connectivity index (χ3v) is 2.76. The first-order valence-electron chi connectivity index (χ1n) is 5.42. The zero-order valence-electron chi connectivity index (χ0n) is 8.98. The van der Waals surface area contributed by atoms with Crippen molar-refractivity contribution in [2.75, 3.05) is 0 Å². The van der Waals surface area contributed by atoms with E-state index in [0.717, 1.165) is 25.7 Å². The third-order valence-electron chi connectivity index (χ3n) is 2.76. The van der Waals surface area contributed by atoms with Crippen LogP contribution in [0.1, 0.15) is 45.4 Å². The van der Waals surface area contributed by atoms with Crippen molar-refractivity contribution in [3.63, 3.8) is 0 Å². The van der Waals surface area contributed by atoms with Gasteiger partial charge in [-0.15, -0.1) is 0 Å². The number of carbonyl (C=O) groups excluding carboxylic acids is 1. The summed E-state index contributed by atoms with van der Waals surface area (Å²) in [6.07, 6.45) is 4.47. The van der Waals surface area contributed by atoms with E-state index in [1.165, 1.54) is 6.92 Å². The van der Waals surface area contributed by atoms with Crippen molar-refractivity contribution in [3.05, 3.63) is 10.1 Å². The molecule has 0 aromatic rings. The molecule has 2 unspecified atom stereocenters. The van der Waals surface area contributed by atoms with Gasteiger partial charge in [0.2, 0.25) is 6.04 Å². The number of nitro groups is 1. The Balaban J connectivity index is 2.64. The van der Waals surface area contributed by atoms with Gasteiger partial charge in [-0.05, 0) is 19.3 Å². The highest BCUT2D eigenvalue weighted by atomic mass is 16.6. The lowest BCUT2D eigenvalue weighted by atomic mass is 9.94. The fourth-order valence-corrected chi connectivity index (χ4v) is 2.02. The molecule has 1 fully saturated rings. The summed E-state index contributed by atoms with van der Waals surface area (Å²) >= 11 is 0. The molecular formula is C10H17NO4. The number of hydrogen-bond acceptors (Lipinski definition) is 4. The predicted octanol–water partition coefficient (Wildman–Crippen LogP) is 1.92. The van der Waals surface area contributed by atoms with Crippen LogP contribution in [0.3, 0.4) is 0 Å². The molecule has 0 aromatic carbocycles. The summed E-state index contributed by atoms with van der Waals surface area (Å²) in [7, 11) is 0. The van der Waals surface area contributed by atoms with Gasteiger partial charge >= 0.3 is 5.97 Å². The molecular weight excluding hydrogens is 198 g/mol. The average Bonchev–Trinajstić information content (AvgIpc) is 2.08. The monoisotopic (exact) mass is 215 g/mol. The number of hydrogen-bond donors (Lipinski definition) is 0. The number of ether oxygens (including phenoxy) is 1. The van der Waals surface area contributed by atoms with E-state index in [4.69, 9.17) is 4.74 Å². The first-order valence-corrected chi connectivity index (χ1v) is 5.42. The Bertz CT molecular complexity index is 242. The number of nitrogens with zero attached hydrogens (tertiary/aromatic N) is 1. The molecule has 0 radical (unpaired) electrons. The maximum atomic E-state index is 10.8. The molecule has 1 saturated carbocycles. The highest BCUT2D eigenvalue weighted by Crippen LogP contribution is 2.22. The average molecular weight is 215 g/mol. The van der Waals surface area contributed by atoms with E-state index < -0.39 is 18.1 Å². The van der Waals surface area contributed by atoms with Crippen LogP contribution in [0.2, 0.25) is 0 Å². The minimum atomic E-state index is -0.714. The Kier molecular flexibility index (Phi) is 4.52. The number of rotatable bonds is 2. The molecule has 86 valence electrons. The predicted molar refractivity (Wildman–Crippen MR) is 54.0 cm³/mol. The van der Waals surface area contributed by atoms with E-state index in [9.17, 15) is 14.9 Å². The molecule has 15 heavy (non-hydrogen) atoms. The Hall–Kier alpha value is -1.13. The molecule has 0 saturated heterocycles. The van der Waals surface area contributed by atoms with Crippen molar-refractivity contribution in [2.24, 2.45) is 0 Å². The van der Waals surface area contributed by atoms with Crippen LogP contribution in [-0.2, 0) is 9.53 Å². The summed E-state index contributed by atoms with van der Waals surface area (Å²) < 4.78 is 5.02. The highest BCUT2D eigenvalue weighted by Gasteiger charge is 2.34. The van der Waals surface area contributed by atoms with Gasteiger partial charge in [0.25, 0.3) is 0 Å². The van der Waals surface area contributed by atoms with Crippen LogP contribution in [0, 0.1) is 10.1 Å². The summed E-state index contributed by atoms with van der Waals surface area (Å²) in [4.78, 5) is 21.4. The van der Waals surface area contributed by atoms with Crippen LogP contribution in [0.15, 0.2) is 0 Å². The molecule has 0 amide bonds. The number of carbonyl (C=O) groups is 1. The van der Waals surface area contributed by atoms with Gasteiger partial charge in [0.05, 0.1) is 0 Å². The largest absolute Gasteiger partial charge is 0.455 e. The fraction of sp³-hybridized carbons (Fsp3) is 0.900. The minimum absolute atomic E-state index is 0.307. The van der Waals surface area contributed by atoms with Crippen molar-refractivity contribution in [1.29, 1.82) is 0 Å². The standard InChI is InChI=1S/C10H17NO4/c1-8(12)15-10-7-5-3-2-4-6-9(10)11(13)14/h9-10H,2-7H2,1H3. The first-order chi connectivity index (χ1) is 7.11. The van der Waals surface area contributed by atoms with Gasteiger partial charge in [-0.1, -0.05) is 12.8 Å². The van der Waals surface area contributed by atoms with Gasteiger partial charge in [0.15, 0.2) is 6.10 Å². The molecule has 5 nitrogen and oxygen atoms in total. The van der Waals surface area contributed by atoms with Gasteiger partial charge in [0, 0.05) is 18.3 Å². The van der Waals surface area contributed by atoms with Crippen LogP contribution in [0.5, 0.6) is 0 Å². The van der Waals surface area contributed by atoms with Crippen molar-refractivity contribution >= 4 is 5.97 Å². The van der Waals surface area contributed by atoms with Gasteiger partial charge in [-0.3, -0.25) is 14.9 Å². The third kappa shape index (κ3) is 3.85. The van der Waals surface area contributed by atoms with Crippen LogP contribution < -0.4 is 0 Å². The topological polar surface area (TPSA) is 69.4 Å². The summed E-state index contributed by atoms with van der Waals surface area (Å²) in [6, 6.07) is -0.714. The zero-order chi connectivity index (χ0) is 11.3. The molecule has 0 aromatic heterocycles. The Morgan fingerprint density at radius 1 is 1.27 bits per heavy atom. The van der Waals surface area contributed by atoms with Crippen LogP contribution in [-0.4, -0.2) is 23.0 Å². The smallest absolute Gasteiger partial charge is 0.303 e. The van der Waals surface area contributed by atoms with Gasteiger partial charge in [0.1, 0.15) is 0 Å². The fourth-order valence-electron chi connectivity index (χ4n) is 2.02. The Labute approximate surface area is 88.9 Å². The van der Waals surface area contributed by atoms with E-state index in [0.29, 0.717) is 12.8 Å². The van der Waals surface area contributed by atoms with E-state index in [1.807, 2.05) is 0 Å².